The smallest absolute Gasteiger partial charge is 0.318 e. The van der Waals surface area contributed by atoms with Gasteiger partial charge >= 0.3 is 6.01 Å². The Morgan fingerprint density at radius 2 is 2.08 bits per heavy atom. The number of aromatic nitrogens is 2. The first-order valence-electron chi connectivity index (χ1n) is 14.0. The first-order chi connectivity index (χ1) is 19.0. The second-order valence-electron chi connectivity index (χ2n) is 10.9. The van der Waals surface area contributed by atoms with Gasteiger partial charge in [-0.15, -0.1) is 0 Å². The number of nitrogens with zero attached hydrogens (tertiary/aromatic N) is 7. The summed E-state index contributed by atoms with van der Waals surface area (Å²) in [6.07, 6.45) is 6.68. The van der Waals surface area contributed by atoms with Crippen molar-refractivity contribution in [2.24, 2.45) is 0 Å². The molecule has 9 heteroatoms. The minimum Gasteiger partial charge on any atom is -0.462 e. The molecule has 0 unspecified atom stereocenters. The van der Waals surface area contributed by atoms with E-state index < -0.39 is 0 Å². The largest absolute Gasteiger partial charge is 0.462 e. The zero-order valence-electron chi connectivity index (χ0n) is 23.2. The highest BCUT2D eigenvalue weighted by Gasteiger charge is 2.35. The van der Waals surface area contributed by atoms with Crippen LogP contribution in [-0.4, -0.2) is 91.2 Å². The van der Waals surface area contributed by atoms with Crippen molar-refractivity contribution in [1.29, 1.82) is 5.26 Å². The van der Waals surface area contributed by atoms with E-state index in [2.05, 4.69) is 51.6 Å². The van der Waals surface area contributed by atoms with E-state index in [0.29, 0.717) is 38.3 Å². The van der Waals surface area contributed by atoms with Crippen molar-refractivity contribution in [3.8, 4) is 12.1 Å². The van der Waals surface area contributed by atoms with E-state index in [1.807, 2.05) is 14.1 Å². The summed E-state index contributed by atoms with van der Waals surface area (Å²) in [5, 5.41) is 9.46. The number of hydrogen-bond donors (Lipinski definition) is 0. The van der Waals surface area contributed by atoms with Gasteiger partial charge in [0, 0.05) is 56.4 Å². The summed E-state index contributed by atoms with van der Waals surface area (Å²) in [4.78, 5) is 31.0. The number of carbonyl (C=O) groups is 1. The van der Waals surface area contributed by atoms with Crippen molar-refractivity contribution in [3.05, 3.63) is 53.7 Å². The van der Waals surface area contributed by atoms with E-state index in [1.54, 1.807) is 4.90 Å². The second kappa shape index (κ2) is 12.0. The first kappa shape index (κ1) is 26.9. The number of nitriles is 1. The summed E-state index contributed by atoms with van der Waals surface area (Å²) >= 11 is 0. The number of benzene rings is 1. The predicted molar refractivity (Wildman–Crippen MR) is 152 cm³/mol. The van der Waals surface area contributed by atoms with Crippen molar-refractivity contribution in [1.82, 2.24) is 19.8 Å². The quantitative estimate of drug-likeness (QED) is 0.483. The van der Waals surface area contributed by atoms with Crippen molar-refractivity contribution in [2.75, 3.05) is 63.2 Å². The zero-order chi connectivity index (χ0) is 27.4. The average Bonchev–Trinajstić information content (AvgIpc) is 2.95. The lowest BCUT2D eigenvalue weighted by molar-refractivity contribution is -0.128. The molecule has 1 fully saturated rings. The Hall–Kier alpha value is -3.64. The highest BCUT2D eigenvalue weighted by atomic mass is 16.5. The van der Waals surface area contributed by atoms with E-state index in [-0.39, 0.29) is 18.4 Å². The Morgan fingerprint density at radius 1 is 1.23 bits per heavy atom. The number of piperazine rings is 1. The van der Waals surface area contributed by atoms with Crippen LogP contribution >= 0.6 is 0 Å². The maximum absolute atomic E-state index is 12.5. The fourth-order valence-electron chi connectivity index (χ4n) is 6.14. The third-order valence-corrected chi connectivity index (χ3v) is 8.13. The van der Waals surface area contributed by atoms with Gasteiger partial charge in [0.2, 0.25) is 5.91 Å². The van der Waals surface area contributed by atoms with Gasteiger partial charge in [-0.05, 0) is 57.5 Å². The molecule has 1 saturated heterocycles. The number of amides is 1. The minimum atomic E-state index is -0.209. The highest BCUT2D eigenvalue weighted by molar-refractivity contribution is 5.87. The van der Waals surface area contributed by atoms with Gasteiger partial charge in [0.05, 0.1) is 24.2 Å². The van der Waals surface area contributed by atoms with Gasteiger partial charge in [0.15, 0.2) is 0 Å². The highest BCUT2D eigenvalue weighted by Crippen LogP contribution is 2.36. The fraction of sp³-hybridized carbons (Fsp3) is 0.533. The summed E-state index contributed by atoms with van der Waals surface area (Å²) in [5.74, 6) is 0.767. The van der Waals surface area contributed by atoms with Crippen LogP contribution in [-0.2, 0) is 24.1 Å². The Labute approximate surface area is 231 Å². The van der Waals surface area contributed by atoms with Gasteiger partial charge in [-0.1, -0.05) is 24.8 Å². The number of likely N-dealkylation sites (N-methyl/N-ethyl adjacent to an activating group) is 1. The molecule has 0 N–H and O–H groups in total. The average molecular weight is 530 g/mol. The van der Waals surface area contributed by atoms with Gasteiger partial charge in [0.1, 0.15) is 12.4 Å². The molecule has 206 valence electrons. The zero-order valence-corrected chi connectivity index (χ0v) is 23.2. The van der Waals surface area contributed by atoms with Crippen LogP contribution in [0.25, 0.3) is 0 Å². The topological polar surface area (TPSA) is 88.8 Å². The van der Waals surface area contributed by atoms with E-state index >= 15 is 0 Å². The van der Waals surface area contributed by atoms with Crippen LogP contribution < -0.4 is 14.5 Å². The third-order valence-electron chi connectivity index (χ3n) is 8.13. The summed E-state index contributed by atoms with van der Waals surface area (Å²) in [7, 11) is 4.03. The van der Waals surface area contributed by atoms with Gasteiger partial charge in [0.25, 0.3) is 0 Å². The maximum atomic E-state index is 12.5. The molecule has 0 saturated carbocycles. The molecule has 0 radical (unpaired) electrons. The number of hydrogen-bond acceptors (Lipinski definition) is 8. The number of rotatable bonds is 8. The van der Waals surface area contributed by atoms with Crippen LogP contribution in [0, 0.1) is 11.3 Å². The molecule has 1 amide bonds. The molecule has 2 aliphatic heterocycles. The monoisotopic (exact) mass is 529 g/mol. The number of aryl methyl sites for hydroxylation is 1. The Balaban J connectivity index is 1.44. The van der Waals surface area contributed by atoms with Crippen LogP contribution in [0.4, 0.5) is 11.5 Å². The van der Waals surface area contributed by atoms with Crippen molar-refractivity contribution >= 4 is 17.4 Å². The lowest BCUT2D eigenvalue weighted by Gasteiger charge is -2.43. The molecule has 2 aromatic rings. The van der Waals surface area contributed by atoms with Gasteiger partial charge in [-0.2, -0.15) is 15.2 Å². The van der Waals surface area contributed by atoms with Crippen LogP contribution in [0.3, 0.4) is 0 Å². The number of anilines is 2. The lowest BCUT2D eigenvalue weighted by atomic mass is 9.88. The van der Waals surface area contributed by atoms with Crippen molar-refractivity contribution in [2.45, 2.75) is 50.6 Å². The number of para-hydroxylation sites is 1. The maximum Gasteiger partial charge on any atom is 0.318 e. The third kappa shape index (κ3) is 5.86. The molecule has 1 aliphatic carbocycles. The lowest BCUT2D eigenvalue weighted by Crippen LogP contribution is -2.55. The Bertz CT molecular complexity index is 1240. The molecule has 39 heavy (non-hydrogen) atoms. The normalized spacial score (nSPS) is 20.7. The number of ether oxygens (including phenoxy) is 1. The molecular formula is C30H39N7O2. The Morgan fingerprint density at radius 3 is 2.87 bits per heavy atom. The van der Waals surface area contributed by atoms with E-state index in [4.69, 9.17) is 14.7 Å². The molecule has 3 heterocycles. The van der Waals surface area contributed by atoms with Crippen molar-refractivity contribution < 1.29 is 9.53 Å². The number of fused-ring (bicyclic) bond motifs is 2. The molecule has 2 atom stereocenters. The van der Waals surface area contributed by atoms with Crippen LogP contribution in [0.5, 0.6) is 6.01 Å². The van der Waals surface area contributed by atoms with Gasteiger partial charge in [-0.3, -0.25) is 4.79 Å². The van der Waals surface area contributed by atoms with Crippen LogP contribution in [0.1, 0.15) is 36.1 Å². The van der Waals surface area contributed by atoms with E-state index in [0.717, 1.165) is 50.3 Å². The molecule has 3 aliphatic rings. The number of carbonyl (C=O) groups excluding carboxylic acids is 1. The Kier molecular flexibility index (Phi) is 8.32. The molecular weight excluding hydrogens is 490 g/mol. The first-order valence-corrected chi connectivity index (χ1v) is 14.0. The van der Waals surface area contributed by atoms with Crippen molar-refractivity contribution in [3.63, 3.8) is 0 Å². The minimum absolute atomic E-state index is 0.128. The molecule has 0 bridgehead atoms. The van der Waals surface area contributed by atoms with Crippen LogP contribution in [0.2, 0.25) is 0 Å². The standard InChI is InChI=1S/C30H39N7O2/c1-4-28(38)37-17-16-35(21-24(37)13-14-31)29-25-12-11-23(36-15-7-9-22-8-5-6-10-27(22)36)20-26(25)32-30(33-29)39-19-18-34(2)3/h4-6,8,10,23-24H,1,7,9,11-13,15-21H2,2-3H3/t23-,24-/m0/s1. The van der Waals surface area contributed by atoms with Crippen LogP contribution in [0.15, 0.2) is 36.9 Å². The van der Waals surface area contributed by atoms with Gasteiger partial charge in [-0.25, -0.2) is 0 Å². The summed E-state index contributed by atoms with van der Waals surface area (Å²) < 4.78 is 6.07. The van der Waals surface area contributed by atoms with E-state index in [1.165, 1.54) is 29.3 Å². The second-order valence-corrected chi connectivity index (χ2v) is 10.9. The molecule has 1 aromatic heterocycles. The summed E-state index contributed by atoms with van der Waals surface area (Å²) in [5.41, 5.74) is 5.02. The predicted octanol–water partition coefficient (Wildman–Crippen LogP) is 2.84. The van der Waals surface area contributed by atoms with Gasteiger partial charge < -0.3 is 24.3 Å². The fourth-order valence-corrected chi connectivity index (χ4v) is 6.14. The SMILES string of the molecule is C=CC(=O)N1CCN(c2nc(OCCN(C)C)nc3c2CC[C@H](N2CCCc4ccccc42)C3)C[C@@H]1CC#N. The molecule has 9 nitrogen and oxygen atoms in total. The summed E-state index contributed by atoms with van der Waals surface area (Å²) in [6.45, 7) is 7.71. The molecule has 0 spiro atoms. The molecule has 5 rings (SSSR count). The molecule has 1 aromatic carbocycles. The summed E-state index contributed by atoms with van der Waals surface area (Å²) in [6, 6.07) is 11.6. The van der Waals surface area contributed by atoms with E-state index in [9.17, 15) is 10.1 Å².